The molecule has 0 radical (unpaired) electrons. The molecule has 1 fully saturated rings. The zero-order chi connectivity index (χ0) is 9.80. The Morgan fingerprint density at radius 1 is 1.57 bits per heavy atom. The fourth-order valence-corrected chi connectivity index (χ4v) is 1.68. The molecule has 0 aromatic carbocycles. The lowest BCUT2D eigenvalue weighted by molar-refractivity contribution is 0.200. The van der Waals surface area contributed by atoms with Gasteiger partial charge >= 0.3 is 0 Å². The first-order valence-corrected chi connectivity index (χ1v) is 5.03. The summed E-state index contributed by atoms with van der Waals surface area (Å²) in [5.41, 5.74) is 0. The van der Waals surface area contributed by atoms with E-state index in [2.05, 4.69) is 20.5 Å². The largest absolute Gasteiger partial charge is 0.384 e. The number of nitrogens with zero attached hydrogens (tertiary/aromatic N) is 2. The zero-order valence-electron chi connectivity index (χ0n) is 8.42. The summed E-state index contributed by atoms with van der Waals surface area (Å²) in [4.78, 5) is 4.42. The highest BCUT2D eigenvalue weighted by molar-refractivity contribution is 4.99. The minimum absolute atomic E-state index is 0.350. The summed E-state index contributed by atoms with van der Waals surface area (Å²) < 4.78 is 4.98. The van der Waals surface area contributed by atoms with Crippen molar-refractivity contribution in [3.8, 4) is 0 Å². The zero-order valence-corrected chi connectivity index (χ0v) is 8.42. The number of ether oxygens (including phenoxy) is 1. The summed E-state index contributed by atoms with van der Waals surface area (Å²) in [6.45, 7) is 1.76. The molecular formula is C9H16N4O. The normalized spacial score (nSPS) is 21.6. The van der Waals surface area contributed by atoms with Crippen molar-refractivity contribution in [2.75, 3.05) is 20.3 Å². The number of H-pyrrole nitrogens is 1. The number of hydrogen-bond acceptors (Lipinski definition) is 4. The first kappa shape index (κ1) is 9.61. The lowest BCUT2D eigenvalue weighted by atomic mass is 10.2. The Balaban J connectivity index is 1.94. The third kappa shape index (κ3) is 2.10. The van der Waals surface area contributed by atoms with E-state index in [1.165, 1.54) is 6.42 Å². The third-order valence-corrected chi connectivity index (χ3v) is 2.46. The Labute approximate surface area is 83.3 Å². The van der Waals surface area contributed by atoms with E-state index in [1.54, 1.807) is 7.11 Å². The van der Waals surface area contributed by atoms with E-state index < -0.39 is 0 Å². The molecule has 0 bridgehead atoms. The first-order chi connectivity index (χ1) is 6.90. The van der Waals surface area contributed by atoms with Gasteiger partial charge in [0, 0.05) is 13.5 Å². The number of methoxy groups -OCH3 is 1. The summed E-state index contributed by atoms with van der Waals surface area (Å²) in [5.74, 6) is 1.81. The van der Waals surface area contributed by atoms with Gasteiger partial charge in [-0.25, -0.2) is 4.98 Å². The molecule has 1 aliphatic rings. The van der Waals surface area contributed by atoms with Crippen molar-refractivity contribution < 1.29 is 4.74 Å². The second-order valence-corrected chi connectivity index (χ2v) is 3.53. The van der Waals surface area contributed by atoms with E-state index in [-0.39, 0.29) is 0 Å². The van der Waals surface area contributed by atoms with E-state index in [9.17, 15) is 0 Å². The van der Waals surface area contributed by atoms with Gasteiger partial charge in [-0.15, -0.1) is 0 Å². The predicted octanol–water partition coefficient (Wildman–Crippen LogP) is 0.418. The van der Waals surface area contributed by atoms with Gasteiger partial charge in [0.05, 0.1) is 12.6 Å². The molecule has 2 heterocycles. The van der Waals surface area contributed by atoms with Gasteiger partial charge in [0.1, 0.15) is 5.82 Å². The second-order valence-electron chi connectivity index (χ2n) is 3.53. The third-order valence-electron chi connectivity index (χ3n) is 2.46. The molecule has 0 saturated carbocycles. The molecule has 78 valence electrons. The Morgan fingerprint density at radius 2 is 2.50 bits per heavy atom. The number of nitrogens with one attached hydrogen (secondary N) is 2. The van der Waals surface area contributed by atoms with Crippen LogP contribution in [-0.4, -0.2) is 35.4 Å². The van der Waals surface area contributed by atoms with Crippen LogP contribution in [0, 0.1) is 0 Å². The molecule has 0 unspecified atom stereocenters. The highest BCUT2D eigenvalue weighted by atomic mass is 16.5. The topological polar surface area (TPSA) is 62.8 Å². The second kappa shape index (κ2) is 4.52. The van der Waals surface area contributed by atoms with E-state index in [0.717, 1.165) is 31.0 Å². The minimum atomic E-state index is 0.350. The number of aromatic amines is 1. The fraction of sp³-hybridized carbons (Fsp3) is 0.778. The van der Waals surface area contributed by atoms with Crippen LogP contribution >= 0.6 is 0 Å². The van der Waals surface area contributed by atoms with E-state index >= 15 is 0 Å². The highest BCUT2D eigenvalue weighted by Gasteiger charge is 2.19. The van der Waals surface area contributed by atoms with Crippen LogP contribution in [0.25, 0.3) is 0 Å². The molecule has 2 rings (SSSR count). The van der Waals surface area contributed by atoms with Crippen LogP contribution in [0.4, 0.5) is 0 Å². The first-order valence-electron chi connectivity index (χ1n) is 5.03. The van der Waals surface area contributed by atoms with Crippen molar-refractivity contribution in [2.45, 2.75) is 25.3 Å². The fourth-order valence-electron chi connectivity index (χ4n) is 1.68. The van der Waals surface area contributed by atoms with Crippen LogP contribution in [0.15, 0.2) is 0 Å². The van der Waals surface area contributed by atoms with Crippen LogP contribution in [0.3, 0.4) is 0 Å². The van der Waals surface area contributed by atoms with Gasteiger partial charge < -0.3 is 10.1 Å². The van der Waals surface area contributed by atoms with Gasteiger partial charge in [-0.1, -0.05) is 0 Å². The maximum absolute atomic E-state index is 4.98. The van der Waals surface area contributed by atoms with Crippen molar-refractivity contribution in [1.29, 1.82) is 0 Å². The lowest BCUT2D eigenvalue weighted by Gasteiger charge is -2.02. The van der Waals surface area contributed by atoms with Crippen LogP contribution < -0.4 is 5.32 Å². The monoisotopic (exact) mass is 196 g/mol. The van der Waals surface area contributed by atoms with Crippen molar-refractivity contribution in [2.24, 2.45) is 0 Å². The Morgan fingerprint density at radius 3 is 3.21 bits per heavy atom. The average molecular weight is 196 g/mol. The Hall–Kier alpha value is -0.940. The van der Waals surface area contributed by atoms with Crippen LogP contribution in [-0.2, 0) is 11.2 Å². The molecule has 14 heavy (non-hydrogen) atoms. The van der Waals surface area contributed by atoms with Crippen molar-refractivity contribution in [1.82, 2.24) is 20.5 Å². The molecule has 1 aromatic heterocycles. The molecule has 1 saturated heterocycles. The standard InChI is InChI=1S/C9H16N4O/c1-14-6-4-8-11-9(13-12-8)7-3-2-5-10-7/h7,10H,2-6H2,1H3,(H,11,12,13)/t7-/m0/s1. The molecule has 0 amide bonds. The summed E-state index contributed by atoms with van der Waals surface area (Å²) in [6.07, 6.45) is 3.16. The van der Waals surface area contributed by atoms with E-state index in [1.807, 2.05) is 0 Å². The van der Waals surface area contributed by atoms with Gasteiger partial charge in [-0.3, -0.25) is 5.10 Å². The maximum atomic E-state index is 4.98. The van der Waals surface area contributed by atoms with Gasteiger partial charge in [0.25, 0.3) is 0 Å². The summed E-state index contributed by atoms with van der Waals surface area (Å²) in [5, 5.41) is 10.5. The number of aromatic nitrogens is 3. The van der Waals surface area contributed by atoms with Crippen LogP contribution in [0.5, 0.6) is 0 Å². The lowest BCUT2D eigenvalue weighted by Crippen LogP contribution is -2.14. The molecule has 1 aromatic rings. The van der Waals surface area contributed by atoms with E-state index in [4.69, 9.17) is 4.74 Å². The predicted molar refractivity (Wildman–Crippen MR) is 51.9 cm³/mol. The summed E-state index contributed by atoms with van der Waals surface area (Å²) in [7, 11) is 1.69. The molecule has 1 aliphatic heterocycles. The van der Waals surface area contributed by atoms with Crippen LogP contribution in [0.2, 0.25) is 0 Å². The van der Waals surface area contributed by atoms with Crippen molar-refractivity contribution >= 4 is 0 Å². The Kier molecular flexibility index (Phi) is 3.10. The molecule has 2 N–H and O–H groups in total. The van der Waals surface area contributed by atoms with Gasteiger partial charge in [0.15, 0.2) is 5.82 Å². The summed E-state index contributed by atoms with van der Waals surface area (Å²) in [6, 6.07) is 0.350. The van der Waals surface area contributed by atoms with Crippen molar-refractivity contribution in [3.63, 3.8) is 0 Å². The molecule has 5 heteroatoms. The number of rotatable bonds is 4. The number of hydrogen-bond donors (Lipinski definition) is 2. The highest BCUT2D eigenvalue weighted by Crippen LogP contribution is 2.19. The van der Waals surface area contributed by atoms with E-state index in [0.29, 0.717) is 12.6 Å². The summed E-state index contributed by atoms with van der Waals surface area (Å²) >= 11 is 0. The quantitative estimate of drug-likeness (QED) is 0.732. The van der Waals surface area contributed by atoms with Gasteiger partial charge in [0.2, 0.25) is 0 Å². The molecule has 0 aliphatic carbocycles. The molecule has 1 atom stereocenters. The minimum Gasteiger partial charge on any atom is -0.384 e. The van der Waals surface area contributed by atoms with Crippen molar-refractivity contribution in [3.05, 3.63) is 11.6 Å². The van der Waals surface area contributed by atoms with Gasteiger partial charge in [-0.2, -0.15) is 5.10 Å². The van der Waals surface area contributed by atoms with Gasteiger partial charge in [-0.05, 0) is 19.4 Å². The SMILES string of the molecule is COCCc1nc([C@@H]2CCCN2)n[nH]1. The molecule has 5 nitrogen and oxygen atoms in total. The molecule has 0 spiro atoms. The Bertz CT molecular complexity index is 280. The van der Waals surface area contributed by atoms with Crippen LogP contribution in [0.1, 0.15) is 30.5 Å². The maximum Gasteiger partial charge on any atom is 0.167 e. The smallest absolute Gasteiger partial charge is 0.167 e. The molecular weight excluding hydrogens is 180 g/mol. The average Bonchev–Trinajstić information content (AvgIpc) is 2.85.